The summed E-state index contributed by atoms with van der Waals surface area (Å²) in [6.45, 7) is 4.00. The number of hydrogen-bond acceptors (Lipinski definition) is 2. The fourth-order valence-corrected chi connectivity index (χ4v) is 0.764. The summed E-state index contributed by atoms with van der Waals surface area (Å²) in [7, 11) is 0. The minimum absolute atomic E-state index is 0.128. The Bertz CT molecular complexity index is 208. The summed E-state index contributed by atoms with van der Waals surface area (Å²) in [6, 6.07) is 1.93. The van der Waals surface area contributed by atoms with Gasteiger partial charge < -0.3 is 5.11 Å². The second-order valence-electron chi connectivity index (χ2n) is 1.92. The molecule has 0 aromatic heterocycles. The molecule has 0 amide bonds. The zero-order valence-corrected chi connectivity index (χ0v) is 6.96. The van der Waals surface area contributed by atoms with Crippen LogP contribution in [-0.2, 0) is 0 Å². The van der Waals surface area contributed by atoms with Crippen LogP contribution in [0.5, 0.6) is 0 Å². The van der Waals surface area contributed by atoms with Gasteiger partial charge in [0.15, 0.2) is 0 Å². The third-order valence-electron chi connectivity index (χ3n) is 1.28. The molecule has 0 radical (unpaired) electrons. The van der Waals surface area contributed by atoms with Gasteiger partial charge in [-0.15, -0.1) is 0 Å². The van der Waals surface area contributed by atoms with Gasteiger partial charge in [0.25, 0.3) is 0 Å². The van der Waals surface area contributed by atoms with Gasteiger partial charge in [0.05, 0.1) is 11.6 Å². The zero-order chi connectivity index (χ0) is 8.69. The van der Waals surface area contributed by atoms with Crippen LogP contribution in [0.15, 0.2) is 23.5 Å². The van der Waals surface area contributed by atoms with Gasteiger partial charge in [-0.25, -0.2) is 0 Å². The van der Waals surface area contributed by atoms with E-state index in [9.17, 15) is 0 Å². The standard InChI is InChI=1S/C7H7NO.C2H6/c8-5-6-3-1-2-4-7(6)9;1-2/h2,4,9H,1,3H2;1-2H3. The van der Waals surface area contributed by atoms with E-state index in [2.05, 4.69) is 0 Å². The lowest BCUT2D eigenvalue weighted by Gasteiger charge is -2.02. The summed E-state index contributed by atoms with van der Waals surface area (Å²) in [5.74, 6) is 0.128. The number of nitrogens with zero attached hydrogens (tertiary/aromatic N) is 1. The lowest BCUT2D eigenvalue weighted by atomic mass is 10.1. The van der Waals surface area contributed by atoms with E-state index in [0.717, 1.165) is 6.42 Å². The van der Waals surface area contributed by atoms with Gasteiger partial charge in [-0.1, -0.05) is 19.9 Å². The Balaban J connectivity index is 0.000000461. The topological polar surface area (TPSA) is 44.0 Å². The van der Waals surface area contributed by atoms with E-state index >= 15 is 0 Å². The largest absolute Gasteiger partial charge is 0.507 e. The highest BCUT2D eigenvalue weighted by molar-refractivity contribution is 5.33. The molecule has 11 heavy (non-hydrogen) atoms. The molecule has 0 aromatic carbocycles. The van der Waals surface area contributed by atoms with Gasteiger partial charge in [0.2, 0.25) is 0 Å². The van der Waals surface area contributed by atoms with Crippen LogP contribution in [0.4, 0.5) is 0 Å². The molecule has 0 spiro atoms. The molecule has 0 heterocycles. The number of allylic oxidation sites excluding steroid dienone is 3. The van der Waals surface area contributed by atoms with E-state index in [4.69, 9.17) is 10.4 Å². The average Bonchev–Trinajstić information content (AvgIpc) is 2.09. The van der Waals surface area contributed by atoms with Gasteiger partial charge >= 0.3 is 0 Å². The van der Waals surface area contributed by atoms with Crippen LogP contribution in [-0.4, -0.2) is 5.11 Å². The lowest BCUT2D eigenvalue weighted by Crippen LogP contribution is -1.90. The van der Waals surface area contributed by atoms with Crippen molar-refractivity contribution >= 4 is 0 Å². The maximum absolute atomic E-state index is 8.94. The molecule has 0 saturated heterocycles. The predicted octanol–water partition coefficient (Wildman–Crippen LogP) is 2.70. The summed E-state index contributed by atoms with van der Waals surface area (Å²) < 4.78 is 0. The van der Waals surface area contributed by atoms with Crippen LogP contribution >= 0.6 is 0 Å². The molecular formula is C9H13NO. The van der Waals surface area contributed by atoms with Gasteiger partial charge in [0.1, 0.15) is 5.76 Å². The normalized spacial score (nSPS) is 15.0. The summed E-state index contributed by atoms with van der Waals surface area (Å²) in [5, 5.41) is 17.3. The van der Waals surface area contributed by atoms with Gasteiger partial charge in [0, 0.05) is 0 Å². The first-order valence-electron chi connectivity index (χ1n) is 3.83. The van der Waals surface area contributed by atoms with E-state index in [1.165, 1.54) is 0 Å². The Kier molecular flexibility index (Phi) is 4.93. The number of hydrogen-bond donors (Lipinski definition) is 1. The van der Waals surface area contributed by atoms with Crippen molar-refractivity contribution in [1.29, 1.82) is 5.26 Å². The van der Waals surface area contributed by atoms with Crippen LogP contribution in [0.2, 0.25) is 0 Å². The maximum Gasteiger partial charge on any atom is 0.128 e. The predicted molar refractivity (Wildman–Crippen MR) is 45.0 cm³/mol. The van der Waals surface area contributed by atoms with Crippen molar-refractivity contribution in [3.05, 3.63) is 23.5 Å². The molecule has 0 bridgehead atoms. The lowest BCUT2D eigenvalue weighted by molar-refractivity contribution is 0.422. The molecule has 0 fully saturated rings. The van der Waals surface area contributed by atoms with Crippen LogP contribution in [0.3, 0.4) is 0 Å². The second kappa shape index (κ2) is 5.55. The van der Waals surface area contributed by atoms with Crippen molar-refractivity contribution in [1.82, 2.24) is 0 Å². The Morgan fingerprint density at radius 1 is 1.55 bits per heavy atom. The molecular weight excluding hydrogens is 138 g/mol. The fraction of sp³-hybridized carbons (Fsp3) is 0.444. The Morgan fingerprint density at radius 3 is 2.55 bits per heavy atom. The molecule has 2 heteroatoms. The maximum atomic E-state index is 8.94. The number of aliphatic hydroxyl groups excluding tert-OH is 1. The van der Waals surface area contributed by atoms with Crippen molar-refractivity contribution in [2.24, 2.45) is 0 Å². The Morgan fingerprint density at radius 2 is 2.18 bits per heavy atom. The first-order valence-corrected chi connectivity index (χ1v) is 3.83. The van der Waals surface area contributed by atoms with E-state index < -0.39 is 0 Å². The first-order chi connectivity index (χ1) is 5.34. The van der Waals surface area contributed by atoms with Crippen LogP contribution in [0.1, 0.15) is 26.7 Å². The summed E-state index contributed by atoms with van der Waals surface area (Å²) in [5.41, 5.74) is 0.498. The molecule has 60 valence electrons. The molecule has 1 N–H and O–H groups in total. The summed E-state index contributed by atoms with van der Waals surface area (Å²) in [4.78, 5) is 0. The van der Waals surface area contributed by atoms with Gasteiger partial charge in [-0.3, -0.25) is 0 Å². The Labute approximate surface area is 67.5 Å². The highest BCUT2D eigenvalue weighted by atomic mass is 16.3. The zero-order valence-electron chi connectivity index (χ0n) is 6.96. The monoisotopic (exact) mass is 151 g/mol. The second-order valence-corrected chi connectivity index (χ2v) is 1.92. The van der Waals surface area contributed by atoms with E-state index in [0.29, 0.717) is 12.0 Å². The summed E-state index contributed by atoms with van der Waals surface area (Å²) >= 11 is 0. The molecule has 0 atom stereocenters. The molecule has 0 saturated carbocycles. The van der Waals surface area contributed by atoms with Crippen molar-refractivity contribution < 1.29 is 5.11 Å². The van der Waals surface area contributed by atoms with Gasteiger partial charge in [-0.2, -0.15) is 5.26 Å². The molecule has 1 aliphatic rings. The molecule has 0 aromatic rings. The molecule has 0 unspecified atom stereocenters. The van der Waals surface area contributed by atoms with Crippen LogP contribution in [0, 0.1) is 11.3 Å². The number of nitriles is 1. The van der Waals surface area contributed by atoms with E-state index in [1.54, 1.807) is 6.08 Å². The van der Waals surface area contributed by atoms with Crippen molar-refractivity contribution in [3.63, 3.8) is 0 Å². The highest BCUT2D eigenvalue weighted by Crippen LogP contribution is 2.14. The molecule has 2 nitrogen and oxygen atoms in total. The van der Waals surface area contributed by atoms with E-state index in [-0.39, 0.29) is 5.76 Å². The minimum atomic E-state index is 0.128. The molecule has 1 rings (SSSR count). The van der Waals surface area contributed by atoms with Crippen LogP contribution in [0.25, 0.3) is 0 Å². The SMILES string of the molecule is CC.N#CC1=C(O)C=CCC1. The third kappa shape index (κ3) is 2.90. The number of rotatable bonds is 0. The van der Waals surface area contributed by atoms with Crippen molar-refractivity contribution in [2.45, 2.75) is 26.7 Å². The van der Waals surface area contributed by atoms with Gasteiger partial charge in [-0.05, 0) is 18.9 Å². The summed E-state index contributed by atoms with van der Waals surface area (Å²) in [6.07, 6.45) is 4.98. The van der Waals surface area contributed by atoms with Crippen molar-refractivity contribution in [3.8, 4) is 6.07 Å². The van der Waals surface area contributed by atoms with Crippen LogP contribution < -0.4 is 0 Å². The average molecular weight is 151 g/mol. The van der Waals surface area contributed by atoms with E-state index in [1.807, 2.05) is 26.0 Å². The fourth-order valence-electron chi connectivity index (χ4n) is 0.764. The number of aliphatic hydroxyl groups is 1. The highest BCUT2D eigenvalue weighted by Gasteiger charge is 2.04. The Hall–Kier alpha value is -1.23. The first kappa shape index (κ1) is 9.77. The smallest absolute Gasteiger partial charge is 0.128 e. The molecule has 1 aliphatic carbocycles. The van der Waals surface area contributed by atoms with Crippen molar-refractivity contribution in [2.75, 3.05) is 0 Å². The minimum Gasteiger partial charge on any atom is -0.507 e. The third-order valence-corrected chi connectivity index (χ3v) is 1.28. The quantitative estimate of drug-likeness (QED) is 0.578. The molecule has 0 aliphatic heterocycles.